The number of rotatable bonds is 6. The Bertz CT molecular complexity index is 838. The maximum absolute atomic E-state index is 12.3. The predicted molar refractivity (Wildman–Crippen MR) is 92.4 cm³/mol. The van der Waals surface area contributed by atoms with Crippen LogP contribution in [0, 0.1) is 17.2 Å². The minimum Gasteiger partial charge on any atom is -0.493 e. The molecule has 2 N–H and O–H groups in total. The maximum Gasteiger partial charge on any atom is 0.249 e. The predicted octanol–water partition coefficient (Wildman–Crippen LogP) is 3.30. The molecule has 0 saturated carbocycles. The number of aromatic amines is 1. The first-order chi connectivity index (χ1) is 11.9. The van der Waals surface area contributed by atoms with Gasteiger partial charge in [-0.05, 0) is 18.2 Å². The second-order valence-corrected chi connectivity index (χ2v) is 5.62. The zero-order valence-electron chi connectivity index (χ0n) is 13.2. The molecule has 9 heteroatoms. The largest absolute Gasteiger partial charge is 0.493 e. The van der Waals surface area contributed by atoms with Gasteiger partial charge in [0.2, 0.25) is 11.7 Å². The highest BCUT2D eigenvalue weighted by Gasteiger charge is 2.29. The Hall–Kier alpha value is -2.69. The van der Waals surface area contributed by atoms with Gasteiger partial charge in [0.1, 0.15) is 5.15 Å². The number of halogens is 2. The van der Waals surface area contributed by atoms with Gasteiger partial charge in [-0.25, -0.2) is 0 Å². The number of H-pyrrole nitrogens is 1. The van der Waals surface area contributed by atoms with Gasteiger partial charge >= 0.3 is 0 Å². The van der Waals surface area contributed by atoms with Gasteiger partial charge in [-0.2, -0.15) is 5.26 Å². The van der Waals surface area contributed by atoms with E-state index in [0.29, 0.717) is 17.2 Å². The normalized spacial score (nSPS) is 11.3. The van der Waals surface area contributed by atoms with Crippen LogP contribution in [0.5, 0.6) is 11.5 Å². The van der Waals surface area contributed by atoms with Gasteiger partial charge in [-0.3, -0.25) is 9.59 Å². The van der Waals surface area contributed by atoms with Crippen LogP contribution < -0.4 is 14.8 Å². The summed E-state index contributed by atoms with van der Waals surface area (Å²) in [6, 6.07) is 7.59. The van der Waals surface area contributed by atoms with E-state index in [1.54, 1.807) is 18.2 Å². The van der Waals surface area contributed by atoms with Gasteiger partial charge in [0.05, 0.1) is 31.0 Å². The molecule has 1 unspecified atom stereocenters. The first-order valence-electron chi connectivity index (χ1n) is 6.92. The summed E-state index contributed by atoms with van der Waals surface area (Å²) in [5.74, 6) is -2.23. The molecule has 0 aliphatic carbocycles. The molecular formula is C16H13Cl2N3O4. The summed E-state index contributed by atoms with van der Waals surface area (Å²) in [4.78, 5) is 27.1. The molecule has 0 aliphatic heterocycles. The van der Waals surface area contributed by atoms with Crippen LogP contribution in [0.2, 0.25) is 10.2 Å². The molecule has 1 heterocycles. The summed E-state index contributed by atoms with van der Waals surface area (Å²) in [5.41, 5.74) is 0.322. The SMILES string of the molecule is COc1ccc(NC(=O)C(C#N)C(=O)c2cc(Cl)c(Cl)[nH]2)cc1OC. The van der Waals surface area contributed by atoms with E-state index in [0.717, 1.165) is 0 Å². The van der Waals surface area contributed by atoms with Crippen LogP contribution in [0.4, 0.5) is 5.69 Å². The third kappa shape index (κ3) is 4.05. The first kappa shape index (κ1) is 18.6. The van der Waals surface area contributed by atoms with Crippen LogP contribution in [0.3, 0.4) is 0 Å². The van der Waals surface area contributed by atoms with Crippen molar-refractivity contribution in [1.82, 2.24) is 4.98 Å². The number of aromatic nitrogens is 1. The zero-order valence-corrected chi connectivity index (χ0v) is 14.7. The number of hydrogen-bond acceptors (Lipinski definition) is 5. The summed E-state index contributed by atoms with van der Waals surface area (Å²) >= 11 is 11.5. The number of benzene rings is 1. The van der Waals surface area contributed by atoms with Gasteiger partial charge in [0, 0.05) is 11.8 Å². The Morgan fingerprint density at radius 2 is 1.88 bits per heavy atom. The van der Waals surface area contributed by atoms with Crippen LogP contribution >= 0.6 is 23.2 Å². The number of nitriles is 1. The summed E-state index contributed by atoms with van der Waals surface area (Å²) in [5, 5.41) is 11.9. The Kier molecular flexibility index (Phi) is 5.91. The smallest absolute Gasteiger partial charge is 0.249 e. The van der Waals surface area contributed by atoms with Gasteiger partial charge < -0.3 is 19.8 Å². The molecule has 1 atom stereocenters. The van der Waals surface area contributed by atoms with E-state index >= 15 is 0 Å². The second-order valence-electron chi connectivity index (χ2n) is 4.83. The van der Waals surface area contributed by atoms with E-state index in [4.69, 9.17) is 32.7 Å². The number of Topliss-reactive ketones (excluding diaryl/α,β-unsaturated/α-hetero) is 1. The summed E-state index contributed by atoms with van der Waals surface area (Å²) in [6.07, 6.45) is 0. The molecule has 0 spiro atoms. The molecule has 1 aromatic heterocycles. The molecule has 0 bridgehead atoms. The Balaban J connectivity index is 2.20. The molecule has 130 valence electrons. The van der Waals surface area contributed by atoms with Crippen molar-refractivity contribution in [1.29, 1.82) is 5.26 Å². The highest BCUT2D eigenvalue weighted by Crippen LogP contribution is 2.30. The zero-order chi connectivity index (χ0) is 18.6. The first-order valence-corrected chi connectivity index (χ1v) is 7.67. The lowest BCUT2D eigenvalue weighted by atomic mass is 10.0. The lowest BCUT2D eigenvalue weighted by molar-refractivity contribution is -0.117. The lowest BCUT2D eigenvalue weighted by Gasteiger charge is -2.12. The van der Waals surface area contributed by atoms with Gasteiger partial charge in [0.25, 0.3) is 0 Å². The third-order valence-electron chi connectivity index (χ3n) is 3.30. The highest BCUT2D eigenvalue weighted by atomic mass is 35.5. The molecule has 0 aliphatic rings. The third-order valence-corrected chi connectivity index (χ3v) is 3.99. The molecule has 2 aromatic rings. The van der Waals surface area contributed by atoms with Crippen LogP contribution in [0.1, 0.15) is 10.5 Å². The monoisotopic (exact) mass is 381 g/mol. The van der Waals surface area contributed by atoms with Gasteiger partial charge in [-0.1, -0.05) is 23.2 Å². The average molecular weight is 382 g/mol. The number of carbonyl (C=O) groups is 2. The summed E-state index contributed by atoms with van der Waals surface area (Å²) < 4.78 is 10.2. The fourth-order valence-electron chi connectivity index (χ4n) is 2.06. The minimum atomic E-state index is -1.57. The van der Waals surface area contributed by atoms with Crippen LogP contribution in [0.15, 0.2) is 24.3 Å². The summed E-state index contributed by atoms with van der Waals surface area (Å²) in [7, 11) is 2.93. The van der Waals surface area contributed by atoms with E-state index in [1.165, 1.54) is 26.4 Å². The lowest BCUT2D eigenvalue weighted by Crippen LogP contribution is -2.28. The van der Waals surface area contributed by atoms with Gasteiger partial charge in [0.15, 0.2) is 17.4 Å². The molecule has 7 nitrogen and oxygen atoms in total. The van der Waals surface area contributed by atoms with Crippen molar-refractivity contribution < 1.29 is 19.1 Å². The molecule has 0 saturated heterocycles. The number of methoxy groups -OCH3 is 2. The molecule has 2 rings (SSSR count). The topological polar surface area (TPSA) is 104 Å². The van der Waals surface area contributed by atoms with Gasteiger partial charge in [-0.15, -0.1) is 0 Å². The van der Waals surface area contributed by atoms with E-state index in [2.05, 4.69) is 10.3 Å². The van der Waals surface area contributed by atoms with E-state index in [-0.39, 0.29) is 15.9 Å². The number of nitrogens with zero attached hydrogens (tertiary/aromatic N) is 1. The van der Waals surface area contributed by atoms with Crippen molar-refractivity contribution in [3.8, 4) is 17.6 Å². The number of ether oxygens (including phenoxy) is 2. The molecule has 1 amide bonds. The molecule has 0 fully saturated rings. The Morgan fingerprint density at radius 3 is 2.40 bits per heavy atom. The number of nitrogens with one attached hydrogen (secondary N) is 2. The van der Waals surface area contributed by atoms with E-state index in [9.17, 15) is 14.9 Å². The highest BCUT2D eigenvalue weighted by molar-refractivity contribution is 6.41. The Morgan fingerprint density at radius 1 is 1.20 bits per heavy atom. The number of hydrogen-bond donors (Lipinski definition) is 2. The van der Waals surface area contributed by atoms with Crippen molar-refractivity contribution in [2.45, 2.75) is 0 Å². The molecular weight excluding hydrogens is 369 g/mol. The molecule has 25 heavy (non-hydrogen) atoms. The van der Waals surface area contributed by atoms with Crippen molar-refractivity contribution in [3.63, 3.8) is 0 Å². The number of ketones is 1. The van der Waals surface area contributed by atoms with Crippen molar-refractivity contribution in [2.24, 2.45) is 5.92 Å². The van der Waals surface area contributed by atoms with Crippen molar-refractivity contribution in [2.75, 3.05) is 19.5 Å². The van der Waals surface area contributed by atoms with Crippen molar-refractivity contribution >= 4 is 40.6 Å². The maximum atomic E-state index is 12.3. The van der Waals surface area contributed by atoms with E-state index < -0.39 is 17.6 Å². The van der Waals surface area contributed by atoms with E-state index in [1.807, 2.05) is 0 Å². The van der Waals surface area contributed by atoms with Crippen LogP contribution in [-0.2, 0) is 4.79 Å². The standard InChI is InChI=1S/C16H13Cl2N3O4/c1-24-12-4-3-8(5-13(12)25-2)20-16(23)9(7-19)14(22)11-6-10(17)15(18)21-11/h3-6,9,21H,1-2H3,(H,20,23). The van der Waals surface area contributed by atoms with Crippen LogP contribution in [0.25, 0.3) is 0 Å². The quantitative estimate of drug-likeness (QED) is 0.589. The number of anilines is 1. The minimum absolute atomic E-state index is 0.0241. The second kappa shape index (κ2) is 7.92. The van der Waals surface area contributed by atoms with Crippen LogP contribution in [-0.4, -0.2) is 30.9 Å². The Labute approximate surface area is 153 Å². The molecule has 0 radical (unpaired) electrons. The number of amides is 1. The fourth-order valence-corrected chi connectivity index (χ4v) is 2.37. The summed E-state index contributed by atoms with van der Waals surface area (Å²) in [6.45, 7) is 0. The van der Waals surface area contributed by atoms with Crippen molar-refractivity contribution in [3.05, 3.63) is 40.1 Å². The number of carbonyl (C=O) groups excluding carboxylic acids is 2. The molecule has 1 aromatic carbocycles. The average Bonchev–Trinajstić information content (AvgIpc) is 2.94. The fraction of sp³-hybridized carbons (Fsp3) is 0.188.